The van der Waals surface area contributed by atoms with Gasteiger partial charge in [-0.15, -0.1) is 0 Å². The molecule has 0 spiro atoms. The fourth-order valence-corrected chi connectivity index (χ4v) is 3.14. The quantitative estimate of drug-likeness (QED) is 0.505. The van der Waals surface area contributed by atoms with E-state index in [2.05, 4.69) is 4.98 Å². The van der Waals surface area contributed by atoms with Gasteiger partial charge >= 0.3 is 5.69 Å². The number of ether oxygens (including phenoxy) is 2. The Morgan fingerprint density at radius 3 is 2.72 bits per heavy atom. The van der Waals surface area contributed by atoms with Gasteiger partial charge in [0.15, 0.2) is 12.0 Å². The lowest BCUT2D eigenvalue weighted by Crippen LogP contribution is -2.42. The second kappa shape index (κ2) is 7.26. The smallest absolute Gasteiger partial charge is 0.351 e. The summed E-state index contributed by atoms with van der Waals surface area (Å²) >= 11 is 0. The minimum Gasteiger partial charge on any atom is -0.395 e. The maximum Gasteiger partial charge on any atom is 0.351 e. The van der Waals surface area contributed by atoms with Crippen LogP contribution in [0.2, 0.25) is 0 Å². The first-order valence-corrected chi connectivity index (χ1v) is 8.36. The van der Waals surface area contributed by atoms with Gasteiger partial charge in [0, 0.05) is 19.3 Å². The zero-order valence-electron chi connectivity index (χ0n) is 14.1. The summed E-state index contributed by atoms with van der Waals surface area (Å²) < 4.78 is 12.8. The van der Waals surface area contributed by atoms with Crippen LogP contribution in [-0.4, -0.2) is 68.9 Å². The first kappa shape index (κ1) is 18.1. The molecular weight excluding hydrogens is 330 g/mol. The Labute approximate surface area is 145 Å². The molecule has 2 aliphatic heterocycles. The highest BCUT2D eigenvalue weighted by molar-refractivity contribution is 5.55. The summed E-state index contributed by atoms with van der Waals surface area (Å²) in [6.45, 7) is 3.40. The Morgan fingerprint density at radius 1 is 1.36 bits per heavy atom. The van der Waals surface area contributed by atoms with Gasteiger partial charge in [0.05, 0.1) is 24.6 Å². The van der Waals surface area contributed by atoms with E-state index in [4.69, 9.17) is 20.9 Å². The molecule has 1 aromatic rings. The molecule has 1 aromatic heterocycles. The summed E-state index contributed by atoms with van der Waals surface area (Å²) in [6.07, 6.45) is -0.544. The molecule has 4 unspecified atom stereocenters. The maximum atomic E-state index is 12.1. The monoisotopic (exact) mass is 355 g/mol. The van der Waals surface area contributed by atoms with Gasteiger partial charge in [-0.3, -0.25) is 9.47 Å². The molecule has 6 N–H and O–H groups in total. The van der Waals surface area contributed by atoms with Crippen LogP contribution in [0.3, 0.4) is 0 Å². The van der Waals surface area contributed by atoms with Crippen molar-refractivity contribution < 1.29 is 19.7 Å². The van der Waals surface area contributed by atoms with Crippen molar-refractivity contribution in [2.45, 2.75) is 50.4 Å². The van der Waals surface area contributed by atoms with Crippen LogP contribution < -0.4 is 17.2 Å². The highest BCUT2D eigenvalue weighted by atomic mass is 16.6. The lowest BCUT2D eigenvalue weighted by atomic mass is 10.1. The number of nitrogens with two attached hydrogens (primary N) is 2. The number of aliphatic hydroxyl groups is 2. The summed E-state index contributed by atoms with van der Waals surface area (Å²) in [5.74, 6) is -0.0443. The zero-order chi connectivity index (χ0) is 18.1. The minimum atomic E-state index is -0.897. The van der Waals surface area contributed by atoms with Gasteiger partial charge in [-0.1, -0.05) is 0 Å². The molecule has 3 rings (SSSR count). The summed E-state index contributed by atoms with van der Waals surface area (Å²) in [4.78, 5) is 17.8. The SMILES string of the molecule is CC1OC(n2cc(N)c(N)nc2=O)C(OCN2CCC(O)CC2)C1O. The van der Waals surface area contributed by atoms with Crippen molar-refractivity contribution in [1.82, 2.24) is 14.5 Å². The number of piperidine rings is 1. The molecule has 25 heavy (non-hydrogen) atoms. The van der Waals surface area contributed by atoms with Crippen molar-refractivity contribution in [3.63, 3.8) is 0 Å². The third-order valence-corrected chi connectivity index (χ3v) is 4.74. The molecular formula is C15H25N5O5. The number of anilines is 2. The molecule has 10 nitrogen and oxygen atoms in total. The van der Waals surface area contributed by atoms with Crippen molar-refractivity contribution in [2.75, 3.05) is 31.3 Å². The van der Waals surface area contributed by atoms with Gasteiger partial charge in [0.25, 0.3) is 0 Å². The normalized spacial score (nSPS) is 31.5. The highest BCUT2D eigenvalue weighted by Gasteiger charge is 2.44. The van der Waals surface area contributed by atoms with Crippen molar-refractivity contribution in [3.8, 4) is 0 Å². The number of likely N-dealkylation sites (tertiary alicyclic amines) is 1. The second-order valence-electron chi connectivity index (χ2n) is 6.60. The molecule has 0 saturated carbocycles. The molecule has 0 radical (unpaired) electrons. The minimum absolute atomic E-state index is 0.0443. The van der Waals surface area contributed by atoms with Crippen molar-refractivity contribution in [3.05, 3.63) is 16.7 Å². The van der Waals surface area contributed by atoms with Gasteiger partial charge < -0.3 is 31.2 Å². The number of hydrogen-bond acceptors (Lipinski definition) is 9. The van der Waals surface area contributed by atoms with Crippen LogP contribution in [-0.2, 0) is 9.47 Å². The van der Waals surface area contributed by atoms with Gasteiger partial charge in [0.2, 0.25) is 0 Å². The number of rotatable bonds is 4. The lowest BCUT2D eigenvalue weighted by Gasteiger charge is -2.31. The molecule has 2 aliphatic rings. The molecule has 0 aliphatic carbocycles. The number of hydrogen-bond donors (Lipinski definition) is 4. The van der Waals surface area contributed by atoms with E-state index in [0.29, 0.717) is 25.9 Å². The van der Waals surface area contributed by atoms with E-state index >= 15 is 0 Å². The zero-order valence-corrected chi connectivity index (χ0v) is 14.1. The Morgan fingerprint density at radius 2 is 2.04 bits per heavy atom. The standard InChI is InChI=1S/C15H25N5O5/c1-8-11(22)12(24-7-19-4-2-9(21)3-5-19)14(25-8)20-6-10(16)13(17)18-15(20)23/h6,8-9,11-12,14,21-22H,2-5,7,16H2,1H3,(H2,17,18,23). The molecule has 4 atom stereocenters. The van der Waals surface area contributed by atoms with Crippen molar-refractivity contribution >= 4 is 11.5 Å². The summed E-state index contributed by atoms with van der Waals surface area (Å²) in [6, 6.07) is 0. The topological polar surface area (TPSA) is 149 Å². The third-order valence-electron chi connectivity index (χ3n) is 4.74. The van der Waals surface area contributed by atoms with E-state index < -0.39 is 30.2 Å². The number of aromatic nitrogens is 2. The maximum absolute atomic E-state index is 12.1. The van der Waals surface area contributed by atoms with E-state index in [1.165, 1.54) is 10.8 Å². The van der Waals surface area contributed by atoms with Crippen LogP contribution in [0.15, 0.2) is 11.0 Å². The average molecular weight is 355 g/mol. The van der Waals surface area contributed by atoms with E-state index in [0.717, 1.165) is 0 Å². The van der Waals surface area contributed by atoms with Crippen molar-refractivity contribution in [2.24, 2.45) is 0 Å². The van der Waals surface area contributed by atoms with Crippen LogP contribution in [0, 0.1) is 0 Å². The molecule has 0 amide bonds. The second-order valence-corrected chi connectivity index (χ2v) is 6.60. The molecule has 3 heterocycles. The third kappa shape index (κ3) is 3.77. The predicted octanol–water partition coefficient (Wildman–Crippen LogP) is -1.51. The van der Waals surface area contributed by atoms with Gasteiger partial charge in [-0.25, -0.2) is 4.79 Å². The van der Waals surface area contributed by atoms with Crippen LogP contribution >= 0.6 is 0 Å². The van der Waals surface area contributed by atoms with Crippen molar-refractivity contribution in [1.29, 1.82) is 0 Å². The average Bonchev–Trinajstić information content (AvgIpc) is 2.85. The van der Waals surface area contributed by atoms with Gasteiger partial charge in [0.1, 0.15) is 12.2 Å². The number of nitrogens with zero attached hydrogens (tertiary/aromatic N) is 3. The highest BCUT2D eigenvalue weighted by Crippen LogP contribution is 2.31. The molecule has 0 aromatic carbocycles. The van der Waals surface area contributed by atoms with Crippen LogP contribution in [0.1, 0.15) is 26.0 Å². The van der Waals surface area contributed by atoms with Crippen LogP contribution in [0.4, 0.5) is 11.5 Å². The number of aliphatic hydroxyl groups excluding tert-OH is 2. The Hall–Kier alpha value is -1.72. The molecule has 2 saturated heterocycles. The van der Waals surface area contributed by atoms with Gasteiger partial charge in [-0.2, -0.15) is 4.98 Å². The molecule has 140 valence electrons. The first-order valence-electron chi connectivity index (χ1n) is 8.36. The van der Waals surface area contributed by atoms with E-state index in [9.17, 15) is 15.0 Å². The fraction of sp³-hybridized carbons (Fsp3) is 0.733. The predicted molar refractivity (Wildman–Crippen MR) is 89.5 cm³/mol. The number of nitrogen functional groups attached to an aromatic ring is 2. The van der Waals surface area contributed by atoms with E-state index in [-0.39, 0.29) is 24.3 Å². The summed E-state index contributed by atoms with van der Waals surface area (Å²) in [7, 11) is 0. The fourth-order valence-electron chi connectivity index (χ4n) is 3.14. The van der Waals surface area contributed by atoms with Crippen LogP contribution in [0.25, 0.3) is 0 Å². The molecule has 2 fully saturated rings. The summed E-state index contributed by atoms with van der Waals surface area (Å²) in [5.41, 5.74) is 10.8. The Bertz CT molecular complexity index is 660. The Kier molecular flexibility index (Phi) is 5.25. The largest absolute Gasteiger partial charge is 0.395 e. The first-order chi connectivity index (χ1) is 11.9. The van der Waals surface area contributed by atoms with Crippen LogP contribution in [0.5, 0.6) is 0 Å². The van der Waals surface area contributed by atoms with E-state index in [1.807, 2.05) is 4.90 Å². The Balaban J connectivity index is 1.74. The van der Waals surface area contributed by atoms with Gasteiger partial charge in [-0.05, 0) is 19.8 Å². The molecule has 10 heteroatoms. The summed E-state index contributed by atoms with van der Waals surface area (Å²) in [5, 5.41) is 19.9. The molecule has 0 bridgehead atoms. The lowest BCUT2D eigenvalue weighted by molar-refractivity contribution is -0.107. The van der Waals surface area contributed by atoms with E-state index in [1.54, 1.807) is 6.92 Å².